The first-order chi connectivity index (χ1) is 14.9. The molecule has 0 aromatic heterocycles. The van der Waals surface area contributed by atoms with Crippen LogP contribution in [0.3, 0.4) is 0 Å². The number of nitrogens with one attached hydrogen (secondary N) is 1. The number of thioether (sulfide) groups is 1. The summed E-state index contributed by atoms with van der Waals surface area (Å²) in [5.41, 5.74) is 2.28. The smallest absolute Gasteiger partial charge is 0.243 e. The van der Waals surface area contributed by atoms with E-state index in [1.807, 2.05) is 63.2 Å². The van der Waals surface area contributed by atoms with Gasteiger partial charge in [-0.1, -0.05) is 67.9 Å². The van der Waals surface area contributed by atoms with Crippen LogP contribution in [0.2, 0.25) is 5.02 Å². The fourth-order valence-corrected chi connectivity index (χ4v) is 4.25. The van der Waals surface area contributed by atoms with Gasteiger partial charge in [-0.2, -0.15) is 0 Å². The molecule has 0 saturated carbocycles. The van der Waals surface area contributed by atoms with Gasteiger partial charge in [0.25, 0.3) is 0 Å². The Kier molecular flexibility index (Phi) is 11.0. The van der Waals surface area contributed by atoms with Crippen molar-refractivity contribution in [2.75, 3.05) is 12.3 Å². The number of hydrogen-bond donors (Lipinski definition) is 1. The number of hydrogen-bond acceptors (Lipinski definition) is 3. The third-order valence-corrected chi connectivity index (χ3v) is 6.52. The molecule has 4 nitrogen and oxygen atoms in total. The molecular formula is C25H33ClN2O2S. The molecule has 2 aromatic rings. The Bertz CT molecular complexity index is 814. The van der Waals surface area contributed by atoms with Gasteiger partial charge in [-0.15, -0.1) is 11.8 Å². The molecule has 31 heavy (non-hydrogen) atoms. The van der Waals surface area contributed by atoms with Crippen LogP contribution in [0.25, 0.3) is 0 Å². The monoisotopic (exact) mass is 460 g/mol. The average molecular weight is 461 g/mol. The minimum absolute atomic E-state index is 0.000969. The number of rotatable bonds is 12. The van der Waals surface area contributed by atoms with Crippen LogP contribution in [0, 0.1) is 0 Å². The summed E-state index contributed by atoms with van der Waals surface area (Å²) in [6.45, 7) is 6.52. The zero-order chi connectivity index (χ0) is 22.6. The molecule has 2 atom stereocenters. The van der Waals surface area contributed by atoms with Crippen molar-refractivity contribution in [3.63, 3.8) is 0 Å². The third-order valence-electron chi connectivity index (χ3n) is 5.28. The lowest BCUT2D eigenvalue weighted by atomic mass is 10.1. The minimum Gasteiger partial charge on any atom is -0.352 e. The van der Waals surface area contributed by atoms with Crippen LogP contribution in [0.5, 0.6) is 0 Å². The molecule has 0 saturated heterocycles. The zero-order valence-corrected chi connectivity index (χ0v) is 20.2. The van der Waals surface area contributed by atoms with E-state index in [1.54, 1.807) is 16.7 Å². The molecule has 0 unspecified atom stereocenters. The standard InChI is InChI=1S/C25H33ClN2O2S/c1-4-19(3)27-25(30)23(5-2)28(16-15-20-9-7-6-8-10-20)24(29)18-31-17-21-11-13-22(26)14-12-21/h6-14,19,23H,4-5,15-18H2,1-3H3,(H,27,30)/t19-,23+/m1/s1. The highest BCUT2D eigenvalue weighted by molar-refractivity contribution is 7.99. The lowest BCUT2D eigenvalue weighted by Crippen LogP contribution is -2.52. The van der Waals surface area contributed by atoms with Gasteiger partial charge in [0, 0.05) is 23.4 Å². The Labute approximate surface area is 195 Å². The van der Waals surface area contributed by atoms with E-state index < -0.39 is 6.04 Å². The molecule has 2 amide bonds. The fourth-order valence-electron chi connectivity index (χ4n) is 3.26. The van der Waals surface area contributed by atoms with Crippen LogP contribution in [-0.4, -0.2) is 41.1 Å². The van der Waals surface area contributed by atoms with Crippen LogP contribution < -0.4 is 5.32 Å². The number of carbonyl (C=O) groups excluding carboxylic acids is 2. The van der Waals surface area contributed by atoms with E-state index in [-0.39, 0.29) is 17.9 Å². The number of amides is 2. The van der Waals surface area contributed by atoms with Crippen molar-refractivity contribution in [3.8, 4) is 0 Å². The van der Waals surface area contributed by atoms with Crippen LogP contribution >= 0.6 is 23.4 Å². The summed E-state index contributed by atoms with van der Waals surface area (Å²) in [4.78, 5) is 27.8. The zero-order valence-electron chi connectivity index (χ0n) is 18.6. The topological polar surface area (TPSA) is 49.4 Å². The van der Waals surface area contributed by atoms with E-state index in [0.717, 1.165) is 29.7 Å². The average Bonchev–Trinajstić information content (AvgIpc) is 2.78. The fraction of sp³-hybridized carbons (Fsp3) is 0.440. The first-order valence-electron chi connectivity index (χ1n) is 10.9. The number of carbonyl (C=O) groups is 2. The lowest BCUT2D eigenvalue weighted by Gasteiger charge is -2.31. The molecule has 6 heteroatoms. The van der Waals surface area contributed by atoms with Gasteiger partial charge in [-0.25, -0.2) is 0 Å². The Morgan fingerprint density at radius 3 is 2.29 bits per heavy atom. The summed E-state index contributed by atoms with van der Waals surface area (Å²) in [7, 11) is 0. The second kappa shape index (κ2) is 13.4. The minimum atomic E-state index is -0.457. The van der Waals surface area contributed by atoms with Gasteiger partial charge < -0.3 is 10.2 Å². The van der Waals surface area contributed by atoms with E-state index in [9.17, 15) is 9.59 Å². The molecule has 0 aliphatic carbocycles. The predicted molar refractivity (Wildman–Crippen MR) is 131 cm³/mol. The summed E-state index contributed by atoms with van der Waals surface area (Å²) in [6, 6.07) is 17.4. The maximum Gasteiger partial charge on any atom is 0.243 e. The summed E-state index contributed by atoms with van der Waals surface area (Å²) >= 11 is 7.51. The van der Waals surface area contributed by atoms with Crippen LogP contribution in [0.15, 0.2) is 54.6 Å². The maximum absolute atomic E-state index is 13.2. The van der Waals surface area contributed by atoms with Gasteiger partial charge in [-0.05, 0) is 49.4 Å². The molecule has 0 bridgehead atoms. The highest BCUT2D eigenvalue weighted by Crippen LogP contribution is 2.17. The Morgan fingerprint density at radius 1 is 1.00 bits per heavy atom. The van der Waals surface area contributed by atoms with E-state index >= 15 is 0 Å². The van der Waals surface area contributed by atoms with Gasteiger partial charge in [0.15, 0.2) is 0 Å². The number of nitrogens with zero attached hydrogens (tertiary/aromatic N) is 1. The molecular weight excluding hydrogens is 428 g/mol. The van der Waals surface area contributed by atoms with Gasteiger partial charge >= 0.3 is 0 Å². The molecule has 0 aliphatic rings. The molecule has 168 valence electrons. The van der Waals surface area contributed by atoms with Crippen molar-refractivity contribution in [1.29, 1.82) is 0 Å². The Morgan fingerprint density at radius 2 is 1.68 bits per heavy atom. The second-order valence-corrected chi connectivity index (χ2v) is 9.11. The molecule has 0 aliphatic heterocycles. The molecule has 0 heterocycles. The maximum atomic E-state index is 13.2. The summed E-state index contributed by atoms with van der Waals surface area (Å²) < 4.78 is 0. The molecule has 0 radical (unpaired) electrons. The van der Waals surface area contributed by atoms with Crippen molar-refractivity contribution in [3.05, 3.63) is 70.7 Å². The normalized spacial score (nSPS) is 12.8. The van der Waals surface area contributed by atoms with Crippen LogP contribution in [0.4, 0.5) is 0 Å². The van der Waals surface area contributed by atoms with Gasteiger partial charge in [0.2, 0.25) is 11.8 Å². The van der Waals surface area contributed by atoms with Crippen LogP contribution in [-0.2, 0) is 21.8 Å². The van der Waals surface area contributed by atoms with E-state index in [1.165, 1.54) is 0 Å². The van der Waals surface area contributed by atoms with Gasteiger partial charge in [-0.3, -0.25) is 9.59 Å². The first kappa shape index (κ1) is 25.3. The van der Waals surface area contributed by atoms with Crippen molar-refractivity contribution < 1.29 is 9.59 Å². The highest BCUT2D eigenvalue weighted by Gasteiger charge is 2.28. The van der Waals surface area contributed by atoms with Gasteiger partial charge in [0.1, 0.15) is 6.04 Å². The van der Waals surface area contributed by atoms with E-state index in [0.29, 0.717) is 23.7 Å². The highest BCUT2D eigenvalue weighted by atomic mass is 35.5. The third kappa shape index (κ3) is 8.58. The molecule has 0 fully saturated rings. The lowest BCUT2D eigenvalue weighted by molar-refractivity contribution is -0.139. The van der Waals surface area contributed by atoms with Crippen molar-refractivity contribution in [2.24, 2.45) is 0 Å². The summed E-state index contributed by atoms with van der Waals surface area (Å²) in [5.74, 6) is 0.998. The quantitative estimate of drug-likeness (QED) is 0.465. The Hall–Kier alpha value is -1.98. The van der Waals surface area contributed by atoms with E-state index in [4.69, 9.17) is 11.6 Å². The van der Waals surface area contributed by atoms with Crippen molar-refractivity contribution in [2.45, 2.75) is 57.9 Å². The molecule has 2 aromatic carbocycles. The van der Waals surface area contributed by atoms with E-state index in [2.05, 4.69) is 17.4 Å². The molecule has 0 spiro atoms. The Balaban J connectivity index is 2.05. The molecule has 2 rings (SSSR count). The second-order valence-electron chi connectivity index (χ2n) is 7.68. The summed E-state index contributed by atoms with van der Waals surface area (Å²) in [6.07, 6.45) is 2.17. The van der Waals surface area contributed by atoms with Crippen molar-refractivity contribution in [1.82, 2.24) is 10.2 Å². The molecule has 1 N–H and O–H groups in total. The number of halogens is 1. The van der Waals surface area contributed by atoms with Crippen molar-refractivity contribution >= 4 is 35.2 Å². The predicted octanol–water partition coefficient (Wildman–Crippen LogP) is 5.34. The largest absolute Gasteiger partial charge is 0.352 e. The van der Waals surface area contributed by atoms with Gasteiger partial charge in [0.05, 0.1) is 5.75 Å². The SMILES string of the molecule is CC[C@@H](C)NC(=O)[C@H](CC)N(CCc1ccccc1)C(=O)CSCc1ccc(Cl)cc1. The van der Waals surface area contributed by atoms with Crippen LogP contribution in [0.1, 0.15) is 44.7 Å². The number of benzene rings is 2. The first-order valence-corrected chi connectivity index (χ1v) is 12.4. The summed E-state index contributed by atoms with van der Waals surface area (Å²) in [5, 5.41) is 3.75.